The summed E-state index contributed by atoms with van der Waals surface area (Å²) in [6.45, 7) is 0. The Kier molecular flexibility index (Phi) is 3.77. The van der Waals surface area contributed by atoms with Gasteiger partial charge in [-0.2, -0.15) is 0 Å². The van der Waals surface area contributed by atoms with Crippen LogP contribution < -0.4 is 0 Å². The molecule has 0 atom stereocenters. The Bertz CT molecular complexity index is 710. The van der Waals surface area contributed by atoms with E-state index in [9.17, 15) is 0 Å². The third kappa shape index (κ3) is 2.78. The highest BCUT2D eigenvalue weighted by Crippen LogP contribution is 2.32. The van der Waals surface area contributed by atoms with Crippen LogP contribution in [0.25, 0.3) is 22.0 Å². The first-order valence-electron chi connectivity index (χ1n) is 5.56. The molecule has 0 unspecified atom stereocenters. The van der Waals surface area contributed by atoms with Crippen LogP contribution in [0.5, 0.6) is 0 Å². The molecule has 0 aliphatic heterocycles. The van der Waals surface area contributed by atoms with Crippen LogP contribution in [0.1, 0.15) is 0 Å². The quantitative estimate of drug-likeness (QED) is 0.580. The zero-order chi connectivity index (χ0) is 13.2. The van der Waals surface area contributed by atoms with Gasteiger partial charge in [-0.15, -0.1) is 11.3 Å². The van der Waals surface area contributed by atoms with Gasteiger partial charge in [-0.05, 0) is 37.9 Å². The molecule has 0 aliphatic rings. The van der Waals surface area contributed by atoms with E-state index in [4.69, 9.17) is 0 Å². The largest absolute Gasteiger partial charge is 0.251 e. The summed E-state index contributed by atoms with van der Waals surface area (Å²) in [4.78, 5) is 9.06. The van der Waals surface area contributed by atoms with Crippen LogP contribution in [0.15, 0.2) is 56.9 Å². The average molecular weight is 396 g/mol. The summed E-state index contributed by atoms with van der Waals surface area (Å²) in [5, 5.41) is 2.97. The molecular formula is C14H8Br2N2S. The fraction of sp³-hybridized carbons (Fsp3) is 0. The lowest BCUT2D eigenvalue weighted by atomic mass is 10.2. The van der Waals surface area contributed by atoms with E-state index in [1.54, 1.807) is 17.5 Å². The zero-order valence-corrected chi connectivity index (χ0v) is 13.7. The van der Waals surface area contributed by atoms with Gasteiger partial charge >= 0.3 is 0 Å². The first kappa shape index (κ1) is 13.0. The second kappa shape index (κ2) is 5.53. The van der Waals surface area contributed by atoms with Crippen LogP contribution >= 0.6 is 43.2 Å². The van der Waals surface area contributed by atoms with Crippen LogP contribution in [0.3, 0.4) is 0 Å². The molecule has 0 radical (unpaired) electrons. The number of aromatic nitrogens is 2. The van der Waals surface area contributed by atoms with Gasteiger partial charge in [-0.25, -0.2) is 4.98 Å². The Morgan fingerprint density at radius 3 is 2.58 bits per heavy atom. The monoisotopic (exact) mass is 394 g/mol. The van der Waals surface area contributed by atoms with Gasteiger partial charge in [0.25, 0.3) is 0 Å². The van der Waals surface area contributed by atoms with Crippen molar-refractivity contribution in [3.63, 3.8) is 0 Å². The number of nitrogens with zero attached hydrogens (tertiary/aromatic N) is 2. The van der Waals surface area contributed by atoms with Crippen LogP contribution in [0, 0.1) is 0 Å². The number of halogens is 2. The van der Waals surface area contributed by atoms with Crippen molar-refractivity contribution in [2.24, 2.45) is 0 Å². The molecule has 0 spiro atoms. The predicted molar refractivity (Wildman–Crippen MR) is 86.2 cm³/mol. The lowest BCUT2D eigenvalue weighted by Crippen LogP contribution is -1.85. The molecule has 0 fully saturated rings. The van der Waals surface area contributed by atoms with Gasteiger partial charge in [0, 0.05) is 26.1 Å². The van der Waals surface area contributed by atoms with Crippen molar-refractivity contribution in [3.8, 4) is 22.0 Å². The predicted octanol–water partition coefficient (Wildman–Crippen LogP) is 5.40. The molecule has 3 rings (SSSR count). The molecule has 0 aliphatic carbocycles. The number of thiazole rings is 1. The van der Waals surface area contributed by atoms with Gasteiger partial charge in [0.05, 0.1) is 5.69 Å². The van der Waals surface area contributed by atoms with E-state index in [1.165, 1.54) is 0 Å². The third-order valence-corrected chi connectivity index (χ3v) is 4.47. The topological polar surface area (TPSA) is 25.8 Å². The van der Waals surface area contributed by atoms with Crippen molar-refractivity contribution in [1.29, 1.82) is 0 Å². The highest BCUT2D eigenvalue weighted by Gasteiger charge is 2.11. The van der Waals surface area contributed by atoms with E-state index in [0.29, 0.717) is 0 Å². The third-order valence-electron chi connectivity index (χ3n) is 2.58. The summed E-state index contributed by atoms with van der Waals surface area (Å²) >= 11 is 8.52. The zero-order valence-electron chi connectivity index (χ0n) is 9.68. The highest BCUT2D eigenvalue weighted by atomic mass is 79.9. The standard InChI is InChI=1S/C14H8Br2N2S/c15-10-6-11(16)13(17-7-10)14-18-12(8-19-14)9-4-2-1-3-5-9/h1-8H. The Morgan fingerprint density at radius 1 is 1.05 bits per heavy atom. The normalized spacial score (nSPS) is 10.6. The SMILES string of the molecule is Brc1cnc(-c2nc(-c3ccccc3)cs2)c(Br)c1. The summed E-state index contributed by atoms with van der Waals surface area (Å²) in [7, 11) is 0. The first-order chi connectivity index (χ1) is 9.24. The van der Waals surface area contributed by atoms with Gasteiger partial charge in [-0.1, -0.05) is 30.3 Å². The lowest BCUT2D eigenvalue weighted by Gasteiger charge is -2.00. The highest BCUT2D eigenvalue weighted by molar-refractivity contribution is 9.11. The van der Waals surface area contributed by atoms with Crippen molar-refractivity contribution in [1.82, 2.24) is 9.97 Å². The van der Waals surface area contributed by atoms with Crippen molar-refractivity contribution < 1.29 is 0 Å². The summed E-state index contributed by atoms with van der Waals surface area (Å²) in [6, 6.07) is 12.1. The Morgan fingerprint density at radius 2 is 1.84 bits per heavy atom. The van der Waals surface area contributed by atoms with Gasteiger partial charge in [0.1, 0.15) is 10.7 Å². The van der Waals surface area contributed by atoms with Crippen LogP contribution in [0.2, 0.25) is 0 Å². The Balaban J connectivity index is 2.02. The van der Waals surface area contributed by atoms with Gasteiger partial charge < -0.3 is 0 Å². The summed E-state index contributed by atoms with van der Waals surface area (Å²) in [5.41, 5.74) is 2.98. The summed E-state index contributed by atoms with van der Waals surface area (Å²) in [5.74, 6) is 0. The van der Waals surface area contributed by atoms with E-state index < -0.39 is 0 Å². The van der Waals surface area contributed by atoms with Gasteiger partial charge in [0.2, 0.25) is 0 Å². The molecule has 2 aromatic heterocycles. The van der Waals surface area contributed by atoms with E-state index in [0.717, 1.165) is 30.9 Å². The fourth-order valence-corrected chi connectivity index (χ4v) is 3.84. The van der Waals surface area contributed by atoms with E-state index in [2.05, 4.69) is 59.3 Å². The molecule has 0 N–H and O–H groups in total. The maximum atomic E-state index is 4.65. The number of rotatable bonds is 2. The smallest absolute Gasteiger partial charge is 0.143 e. The van der Waals surface area contributed by atoms with Crippen molar-refractivity contribution in [3.05, 3.63) is 56.9 Å². The minimum Gasteiger partial charge on any atom is -0.251 e. The van der Waals surface area contributed by atoms with Gasteiger partial charge in [0.15, 0.2) is 0 Å². The second-order valence-corrected chi connectivity index (χ2v) is 6.52. The Labute approximate surface area is 131 Å². The van der Waals surface area contributed by atoms with E-state index in [-0.39, 0.29) is 0 Å². The molecule has 2 nitrogen and oxygen atoms in total. The number of hydrogen-bond donors (Lipinski definition) is 0. The average Bonchev–Trinajstić information content (AvgIpc) is 2.89. The van der Waals surface area contributed by atoms with Crippen LogP contribution in [0.4, 0.5) is 0 Å². The van der Waals surface area contributed by atoms with Crippen molar-refractivity contribution in [2.45, 2.75) is 0 Å². The molecule has 3 aromatic rings. The van der Waals surface area contributed by atoms with E-state index in [1.807, 2.05) is 24.3 Å². The summed E-state index contributed by atoms with van der Waals surface area (Å²) in [6.07, 6.45) is 1.78. The van der Waals surface area contributed by atoms with Crippen molar-refractivity contribution in [2.75, 3.05) is 0 Å². The molecular weight excluding hydrogens is 388 g/mol. The first-order valence-corrected chi connectivity index (χ1v) is 8.03. The van der Waals surface area contributed by atoms with Crippen LogP contribution in [-0.2, 0) is 0 Å². The minimum atomic E-state index is 0.871. The minimum absolute atomic E-state index is 0.871. The molecule has 0 saturated heterocycles. The number of benzene rings is 1. The van der Waals surface area contributed by atoms with Crippen LogP contribution in [-0.4, -0.2) is 9.97 Å². The molecule has 5 heteroatoms. The fourth-order valence-electron chi connectivity index (χ4n) is 1.70. The molecule has 19 heavy (non-hydrogen) atoms. The molecule has 0 bridgehead atoms. The van der Waals surface area contributed by atoms with E-state index >= 15 is 0 Å². The lowest BCUT2D eigenvalue weighted by molar-refractivity contribution is 1.26. The number of pyridine rings is 1. The molecule has 0 saturated carbocycles. The molecule has 94 valence electrons. The number of hydrogen-bond acceptors (Lipinski definition) is 3. The maximum absolute atomic E-state index is 4.65. The molecule has 2 heterocycles. The molecule has 0 amide bonds. The second-order valence-electron chi connectivity index (χ2n) is 3.89. The van der Waals surface area contributed by atoms with Gasteiger partial charge in [-0.3, -0.25) is 4.98 Å². The Hall–Kier alpha value is -1.04. The van der Waals surface area contributed by atoms with Crippen molar-refractivity contribution >= 4 is 43.2 Å². The summed E-state index contributed by atoms with van der Waals surface area (Å²) < 4.78 is 1.89. The maximum Gasteiger partial charge on any atom is 0.143 e. The molecule has 1 aromatic carbocycles.